The average Bonchev–Trinajstić information content (AvgIpc) is 3.75. The molecule has 8 aromatic carbocycles. The molecule has 0 aliphatic heterocycles. The minimum absolute atomic E-state index is 0.00355. The van der Waals surface area contributed by atoms with E-state index in [9.17, 15) is 0 Å². The Labute approximate surface area is 376 Å². The van der Waals surface area contributed by atoms with Crippen molar-refractivity contribution in [1.29, 1.82) is 0 Å². The van der Waals surface area contributed by atoms with Crippen LogP contribution in [0.2, 0.25) is 0 Å². The molecule has 4 nitrogen and oxygen atoms in total. The largest absolute Gasteiger partial charge is 0.307 e. The van der Waals surface area contributed by atoms with Crippen molar-refractivity contribution < 1.29 is 0 Å². The van der Waals surface area contributed by atoms with Crippen LogP contribution in [0.5, 0.6) is 0 Å². The maximum atomic E-state index is 5.87. The second-order valence-corrected chi connectivity index (χ2v) is 22.4. The zero-order valence-corrected chi connectivity index (χ0v) is 39.5. The molecular formula is C60H58N4. The lowest BCUT2D eigenvalue weighted by Gasteiger charge is -2.20. The molecule has 4 heteroatoms. The first-order chi connectivity index (χ1) is 30.3. The molecule has 0 spiro atoms. The molecule has 0 saturated carbocycles. The van der Waals surface area contributed by atoms with Gasteiger partial charge in [0.25, 0.3) is 0 Å². The number of aromatic nitrogens is 4. The molecule has 0 bridgehead atoms. The van der Waals surface area contributed by atoms with Crippen LogP contribution in [0.25, 0.3) is 98.6 Å². The predicted octanol–water partition coefficient (Wildman–Crippen LogP) is 16.5. The summed E-state index contributed by atoms with van der Waals surface area (Å²) in [4.78, 5) is 11.7. The topological polar surface area (TPSA) is 35.6 Å². The molecule has 0 radical (unpaired) electrons. The summed E-state index contributed by atoms with van der Waals surface area (Å²) in [5, 5.41) is 9.59. The summed E-state index contributed by atoms with van der Waals surface area (Å²) < 4.78 is 4.91. The number of hydrogen-bond acceptors (Lipinski definition) is 2. The molecule has 0 atom stereocenters. The van der Waals surface area contributed by atoms with Crippen LogP contribution in [-0.4, -0.2) is 19.1 Å². The normalized spacial score (nSPS) is 13.3. The predicted molar refractivity (Wildman–Crippen MR) is 276 cm³/mol. The molecule has 11 rings (SSSR count). The summed E-state index contributed by atoms with van der Waals surface area (Å²) in [6.07, 6.45) is 0. The third-order valence-corrected chi connectivity index (χ3v) is 13.9. The Morgan fingerprint density at radius 2 is 0.547 bits per heavy atom. The zero-order valence-electron chi connectivity index (χ0n) is 39.5. The Hall–Kier alpha value is -6.52. The molecule has 0 aliphatic carbocycles. The van der Waals surface area contributed by atoms with E-state index in [2.05, 4.69) is 226 Å². The highest BCUT2D eigenvalue weighted by Crippen LogP contribution is 2.44. The lowest BCUT2D eigenvalue weighted by Crippen LogP contribution is -2.10. The summed E-state index contributed by atoms with van der Waals surface area (Å²) in [7, 11) is 0. The van der Waals surface area contributed by atoms with Crippen LogP contribution >= 0.6 is 0 Å². The van der Waals surface area contributed by atoms with Gasteiger partial charge in [-0.3, -0.25) is 0 Å². The second-order valence-electron chi connectivity index (χ2n) is 22.4. The van der Waals surface area contributed by atoms with Gasteiger partial charge in [0.2, 0.25) is 0 Å². The Balaban J connectivity index is 1.32. The van der Waals surface area contributed by atoms with Gasteiger partial charge in [-0.25, -0.2) is 9.97 Å². The van der Waals surface area contributed by atoms with Gasteiger partial charge in [0.05, 0.1) is 44.5 Å². The number of fused-ring (bicyclic) bond motifs is 13. The average molecular weight is 835 g/mol. The van der Waals surface area contributed by atoms with Crippen LogP contribution in [0.1, 0.15) is 105 Å². The van der Waals surface area contributed by atoms with Gasteiger partial charge in [-0.2, -0.15) is 0 Å². The van der Waals surface area contributed by atoms with Crippen LogP contribution in [0, 0.1) is 0 Å². The van der Waals surface area contributed by atoms with Crippen molar-refractivity contribution in [3.05, 3.63) is 156 Å². The highest BCUT2D eigenvalue weighted by atomic mass is 15.0. The van der Waals surface area contributed by atoms with E-state index < -0.39 is 0 Å². The molecule has 64 heavy (non-hydrogen) atoms. The third-order valence-electron chi connectivity index (χ3n) is 13.9. The van der Waals surface area contributed by atoms with Gasteiger partial charge >= 0.3 is 0 Å². The SMILES string of the molecule is CC(C)(C)c1ccc2c(c1)c1cc(C(C)(C)C)ccc1n2-c1ccc(-n2c3ccc(C(C)(C)C)cc3c3cc(C(C)(C)C)ccc32)c2nc3c4ccccc4c4ccccc4c3nc12. The van der Waals surface area contributed by atoms with Crippen LogP contribution in [-0.2, 0) is 21.7 Å². The van der Waals surface area contributed by atoms with Crippen molar-refractivity contribution in [3.8, 4) is 11.4 Å². The van der Waals surface area contributed by atoms with Gasteiger partial charge in [0.1, 0.15) is 11.0 Å². The van der Waals surface area contributed by atoms with E-state index in [-0.39, 0.29) is 21.7 Å². The van der Waals surface area contributed by atoms with Crippen LogP contribution in [0.15, 0.2) is 133 Å². The summed E-state index contributed by atoms with van der Waals surface area (Å²) in [5.74, 6) is 0. The molecule has 0 fully saturated rings. The second kappa shape index (κ2) is 13.5. The number of hydrogen-bond donors (Lipinski definition) is 0. The number of rotatable bonds is 2. The highest BCUT2D eigenvalue weighted by molar-refractivity contribution is 6.24. The minimum Gasteiger partial charge on any atom is -0.307 e. The Kier molecular flexibility index (Phi) is 8.49. The van der Waals surface area contributed by atoms with E-state index >= 15 is 0 Å². The Bertz CT molecular complexity index is 3360. The van der Waals surface area contributed by atoms with Crippen molar-refractivity contribution in [1.82, 2.24) is 19.1 Å². The summed E-state index contributed by atoms with van der Waals surface area (Å²) in [6.45, 7) is 27.6. The van der Waals surface area contributed by atoms with E-state index in [0.29, 0.717) is 0 Å². The van der Waals surface area contributed by atoms with E-state index in [1.165, 1.54) is 54.6 Å². The first-order valence-corrected chi connectivity index (χ1v) is 23.0. The van der Waals surface area contributed by atoms with E-state index in [0.717, 1.165) is 66.3 Å². The molecule has 0 N–H and O–H groups in total. The lowest BCUT2D eigenvalue weighted by atomic mass is 9.85. The standard InChI is InChI=1S/C60H58N4/c1-57(2,3)35-21-25-47-43(31-35)44-32-36(58(4,5)6)22-26-48(44)63(47)51-29-30-52(56-55(51)61-53-41-19-15-13-17-39(41)40-18-14-16-20-42(40)54(53)62-56)64-49-27-23-37(59(7,8)9)33-45(49)46-34-38(60(10,11)12)24-28-50(46)64/h13-34H,1-12H3. The first kappa shape index (κ1) is 40.3. The molecule has 0 aliphatic rings. The van der Waals surface area contributed by atoms with E-state index in [1.54, 1.807) is 0 Å². The van der Waals surface area contributed by atoms with Crippen molar-refractivity contribution in [3.63, 3.8) is 0 Å². The Morgan fingerprint density at radius 3 is 0.812 bits per heavy atom. The van der Waals surface area contributed by atoms with Crippen LogP contribution in [0.4, 0.5) is 0 Å². The fraction of sp³-hybridized carbons (Fsp3) is 0.267. The van der Waals surface area contributed by atoms with Gasteiger partial charge in [0, 0.05) is 32.3 Å². The summed E-state index contributed by atoms with van der Waals surface area (Å²) in [6, 6.07) is 50.3. The minimum atomic E-state index is -0.00355. The maximum Gasteiger partial charge on any atom is 0.116 e. The quantitative estimate of drug-likeness (QED) is 0.128. The first-order valence-electron chi connectivity index (χ1n) is 23.0. The maximum absolute atomic E-state index is 5.87. The van der Waals surface area contributed by atoms with E-state index in [4.69, 9.17) is 9.97 Å². The number of benzene rings is 8. The van der Waals surface area contributed by atoms with Crippen molar-refractivity contribution in [2.45, 2.75) is 105 Å². The molecule has 3 heterocycles. The number of nitrogens with zero attached hydrogens (tertiary/aromatic N) is 4. The summed E-state index contributed by atoms with van der Waals surface area (Å²) >= 11 is 0. The molecule has 318 valence electrons. The molecule has 3 aromatic heterocycles. The molecule has 11 aromatic rings. The smallest absolute Gasteiger partial charge is 0.116 e. The Morgan fingerprint density at radius 1 is 0.281 bits per heavy atom. The van der Waals surface area contributed by atoms with Crippen molar-refractivity contribution >= 4 is 87.2 Å². The molecular weight excluding hydrogens is 777 g/mol. The van der Waals surface area contributed by atoms with E-state index in [1.807, 2.05) is 0 Å². The molecule has 0 amide bonds. The van der Waals surface area contributed by atoms with Crippen molar-refractivity contribution in [2.24, 2.45) is 0 Å². The highest BCUT2D eigenvalue weighted by Gasteiger charge is 2.26. The van der Waals surface area contributed by atoms with Gasteiger partial charge in [0.15, 0.2) is 0 Å². The van der Waals surface area contributed by atoms with Gasteiger partial charge in [-0.15, -0.1) is 0 Å². The lowest BCUT2D eigenvalue weighted by molar-refractivity contribution is 0.590. The monoisotopic (exact) mass is 834 g/mol. The van der Waals surface area contributed by atoms with Gasteiger partial charge in [-0.1, -0.05) is 156 Å². The fourth-order valence-electron chi connectivity index (χ4n) is 10.1. The summed E-state index contributed by atoms with van der Waals surface area (Å²) in [5.41, 5.74) is 15.5. The molecule has 0 saturated heterocycles. The third kappa shape index (κ3) is 6.09. The van der Waals surface area contributed by atoms with Gasteiger partial charge in [-0.05, 0) is 115 Å². The fourth-order valence-corrected chi connectivity index (χ4v) is 10.1. The van der Waals surface area contributed by atoms with Crippen molar-refractivity contribution in [2.75, 3.05) is 0 Å². The van der Waals surface area contributed by atoms with Crippen LogP contribution in [0.3, 0.4) is 0 Å². The van der Waals surface area contributed by atoms with Crippen LogP contribution < -0.4 is 0 Å². The van der Waals surface area contributed by atoms with Gasteiger partial charge < -0.3 is 9.13 Å². The zero-order chi connectivity index (χ0) is 44.8. The molecule has 0 unspecified atom stereocenters.